The number of sulfonamides is 1. The van der Waals surface area contributed by atoms with Crippen molar-refractivity contribution in [1.29, 1.82) is 0 Å². The molecule has 7 nitrogen and oxygen atoms in total. The molecule has 0 aliphatic heterocycles. The maximum absolute atomic E-state index is 12.9. The van der Waals surface area contributed by atoms with E-state index < -0.39 is 16.0 Å². The lowest BCUT2D eigenvalue weighted by Crippen LogP contribution is -2.33. The molecule has 1 saturated carbocycles. The van der Waals surface area contributed by atoms with Crippen LogP contribution in [-0.4, -0.2) is 32.5 Å². The van der Waals surface area contributed by atoms with Crippen molar-refractivity contribution < 1.29 is 22.7 Å². The van der Waals surface area contributed by atoms with Crippen molar-refractivity contribution in [3.63, 3.8) is 0 Å². The van der Waals surface area contributed by atoms with Crippen molar-refractivity contribution in [1.82, 2.24) is 9.71 Å². The van der Waals surface area contributed by atoms with Crippen molar-refractivity contribution in [2.75, 3.05) is 7.11 Å². The zero-order chi connectivity index (χ0) is 21.1. The Morgan fingerprint density at radius 2 is 1.83 bits per heavy atom. The number of rotatable bonds is 6. The normalized spacial score (nSPS) is 14.7. The number of pyridine rings is 1. The molecule has 4 rings (SSSR count). The van der Waals surface area contributed by atoms with Gasteiger partial charge in [0.25, 0.3) is 0 Å². The molecular formula is C22H22N2O5S. The van der Waals surface area contributed by atoms with E-state index in [9.17, 15) is 13.2 Å². The Morgan fingerprint density at radius 3 is 2.60 bits per heavy atom. The van der Waals surface area contributed by atoms with Gasteiger partial charge in [-0.05, 0) is 43.2 Å². The highest BCUT2D eigenvalue weighted by atomic mass is 32.2. The number of hydrogen-bond acceptors (Lipinski definition) is 6. The SMILES string of the molecule is COc1ccc(C(=O)Oc2cccc3cccnc23)cc1S(=O)(=O)NC1CCCC1. The van der Waals surface area contributed by atoms with Crippen LogP contribution in [0.4, 0.5) is 0 Å². The molecule has 1 aliphatic carbocycles. The van der Waals surface area contributed by atoms with E-state index in [1.807, 2.05) is 12.1 Å². The van der Waals surface area contributed by atoms with Crippen LogP contribution >= 0.6 is 0 Å². The number of aromatic nitrogens is 1. The van der Waals surface area contributed by atoms with Crippen LogP contribution < -0.4 is 14.2 Å². The van der Waals surface area contributed by atoms with Gasteiger partial charge in [-0.1, -0.05) is 31.0 Å². The van der Waals surface area contributed by atoms with E-state index in [1.54, 1.807) is 24.4 Å². The summed E-state index contributed by atoms with van der Waals surface area (Å²) in [4.78, 5) is 17.0. The number of hydrogen-bond donors (Lipinski definition) is 1. The van der Waals surface area contributed by atoms with Gasteiger partial charge >= 0.3 is 5.97 Å². The summed E-state index contributed by atoms with van der Waals surface area (Å²) in [6.45, 7) is 0. The second-order valence-corrected chi connectivity index (χ2v) is 8.87. The molecule has 0 amide bonds. The van der Waals surface area contributed by atoms with Crippen molar-refractivity contribution >= 4 is 26.9 Å². The smallest absolute Gasteiger partial charge is 0.343 e. The number of ether oxygens (including phenoxy) is 2. The number of fused-ring (bicyclic) bond motifs is 1. The zero-order valence-corrected chi connectivity index (χ0v) is 17.3. The zero-order valence-electron chi connectivity index (χ0n) is 16.5. The molecule has 1 aromatic heterocycles. The first kappa shape index (κ1) is 20.3. The second kappa shape index (κ2) is 8.41. The largest absolute Gasteiger partial charge is 0.495 e. The third-order valence-corrected chi connectivity index (χ3v) is 6.71. The topological polar surface area (TPSA) is 94.6 Å². The summed E-state index contributed by atoms with van der Waals surface area (Å²) < 4.78 is 39.3. The van der Waals surface area contributed by atoms with E-state index >= 15 is 0 Å². The fraction of sp³-hybridized carbons (Fsp3) is 0.273. The Balaban J connectivity index is 1.64. The van der Waals surface area contributed by atoms with Gasteiger partial charge in [-0.25, -0.2) is 17.9 Å². The molecule has 0 unspecified atom stereocenters. The van der Waals surface area contributed by atoms with Crippen molar-refractivity contribution in [2.24, 2.45) is 0 Å². The van der Waals surface area contributed by atoms with Gasteiger partial charge in [0, 0.05) is 17.6 Å². The van der Waals surface area contributed by atoms with Crippen LogP contribution in [-0.2, 0) is 10.0 Å². The second-order valence-electron chi connectivity index (χ2n) is 7.19. The third-order valence-electron chi connectivity index (χ3n) is 5.16. The summed E-state index contributed by atoms with van der Waals surface area (Å²) >= 11 is 0. The molecule has 1 N–H and O–H groups in total. The van der Waals surface area contributed by atoms with Crippen molar-refractivity contribution in [3.8, 4) is 11.5 Å². The van der Waals surface area contributed by atoms with Gasteiger partial charge in [0.2, 0.25) is 10.0 Å². The number of carbonyl (C=O) groups excluding carboxylic acids is 1. The van der Waals surface area contributed by atoms with Crippen LogP contribution in [0.25, 0.3) is 10.9 Å². The van der Waals surface area contributed by atoms with Gasteiger partial charge in [-0.15, -0.1) is 0 Å². The van der Waals surface area contributed by atoms with Gasteiger partial charge in [0.15, 0.2) is 5.75 Å². The molecule has 0 bridgehead atoms. The van der Waals surface area contributed by atoms with Crippen LogP contribution in [0.15, 0.2) is 59.6 Å². The average molecular weight is 426 g/mol. The highest BCUT2D eigenvalue weighted by molar-refractivity contribution is 7.89. The van der Waals surface area contributed by atoms with Crippen molar-refractivity contribution in [2.45, 2.75) is 36.6 Å². The average Bonchev–Trinajstić information content (AvgIpc) is 3.26. The van der Waals surface area contributed by atoms with Gasteiger partial charge < -0.3 is 9.47 Å². The summed E-state index contributed by atoms with van der Waals surface area (Å²) in [7, 11) is -2.45. The predicted octanol–water partition coefficient (Wildman–Crippen LogP) is 3.68. The highest BCUT2D eigenvalue weighted by Gasteiger charge is 2.27. The summed E-state index contributed by atoms with van der Waals surface area (Å²) in [6, 6.07) is 13.1. The van der Waals surface area contributed by atoms with E-state index in [2.05, 4.69) is 9.71 Å². The predicted molar refractivity (Wildman–Crippen MR) is 112 cm³/mol. The standard InChI is InChI=1S/C22H22N2O5S/c1-28-18-12-11-16(14-20(18)30(26,27)24-17-8-2-3-9-17)22(25)29-19-10-4-6-15-7-5-13-23-21(15)19/h4-7,10-14,17,24H,2-3,8-9H2,1H3. The van der Waals surface area contributed by atoms with Gasteiger partial charge in [0.05, 0.1) is 12.7 Å². The molecule has 0 radical (unpaired) electrons. The highest BCUT2D eigenvalue weighted by Crippen LogP contribution is 2.29. The van der Waals surface area contributed by atoms with Gasteiger partial charge in [-0.2, -0.15) is 0 Å². The quantitative estimate of drug-likeness (QED) is 0.477. The number of nitrogens with zero attached hydrogens (tertiary/aromatic N) is 1. The third kappa shape index (κ3) is 4.15. The van der Waals surface area contributed by atoms with E-state index in [0.717, 1.165) is 31.1 Å². The van der Waals surface area contributed by atoms with Crippen LogP contribution in [0, 0.1) is 0 Å². The molecule has 0 saturated heterocycles. The summed E-state index contributed by atoms with van der Waals surface area (Å²) in [5.74, 6) is -0.195. The number of benzene rings is 2. The molecule has 1 aliphatic rings. The van der Waals surface area contributed by atoms with Crippen LogP contribution in [0.5, 0.6) is 11.5 Å². The first-order chi connectivity index (χ1) is 14.5. The molecule has 1 heterocycles. The Hall–Kier alpha value is -2.97. The molecule has 2 aromatic carbocycles. The van der Waals surface area contributed by atoms with Crippen LogP contribution in [0.2, 0.25) is 0 Å². The molecule has 156 valence electrons. The van der Waals surface area contributed by atoms with E-state index in [-0.39, 0.29) is 22.3 Å². The van der Waals surface area contributed by atoms with Gasteiger partial charge in [-0.3, -0.25) is 4.98 Å². The number of para-hydroxylation sites is 1. The molecular weight excluding hydrogens is 404 g/mol. The lowest BCUT2D eigenvalue weighted by Gasteiger charge is -2.15. The lowest BCUT2D eigenvalue weighted by molar-refractivity contribution is 0.0736. The fourth-order valence-corrected chi connectivity index (χ4v) is 5.16. The summed E-state index contributed by atoms with van der Waals surface area (Å²) in [5.41, 5.74) is 0.660. The lowest BCUT2D eigenvalue weighted by atomic mass is 10.2. The monoisotopic (exact) mass is 426 g/mol. The maximum atomic E-state index is 12.9. The number of esters is 1. The Kier molecular flexibility index (Phi) is 5.69. The maximum Gasteiger partial charge on any atom is 0.343 e. The van der Waals surface area contributed by atoms with Crippen molar-refractivity contribution in [3.05, 3.63) is 60.3 Å². The number of methoxy groups -OCH3 is 1. The molecule has 1 fully saturated rings. The molecule has 8 heteroatoms. The van der Waals surface area contributed by atoms with Gasteiger partial charge in [0.1, 0.15) is 16.2 Å². The fourth-order valence-electron chi connectivity index (χ4n) is 3.66. The summed E-state index contributed by atoms with van der Waals surface area (Å²) in [5, 5.41) is 0.835. The first-order valence-electron chi connectivity index (χ1n) is 9.74. The molecule has 0 atom stereocenters. The number of carbonyl (C=O) groups is 1. The Labute approximate surface area is 175 Å². The summed E-state index contributed by atoms with van der Waals surface area (Å²) in [6.07, 6.45) is 5.21. The van der Waals surface area contributed by atoms with E-state index in [0.29, 0.717) is 11.3 Å². The van der Waals surface area contributed by atoms with Crippen LogP contribution in [0.1, 0.15) is 36.0 Å². The minimum Gasteiger partial charge on any atom is -0.495 e. The molecule has 30 heavy (non-hydrogen) atoms. The Bertz CT molecular complexity index is 1180. The molecule has 0 spiro atoms. The Morgan fingerprint density at radius 1 is 1.07 bits per heavy atom. The van der Waals surface area contributed by atoms with E-state index in [1.165, 1.54) is 25.3 Å². The number of nitrogens with one attached hydrogen (secondary N) is 1. The minimum atomic E-state index is -3.85. The first-order valence-corrected chi connectivity index (χ1v) is 11.2. The minimum absolute atomic E-state index is 0.0811. The molecule has 3 aromatic rings. The van der Waals surface area contributed by atoms with E-state index in [4.69, 9.17) is 9.47 Å². The van der Waals surface area contributed by atoms with Crippen LogP contribution in [0.3, 0.4) is 0 Å².